The van der Waals surface area contributed by atoms with Gasteiger partial charge in [0, 0.05) is 12.0 Å². The quantitative estimate of drug-likeness (QED) is 0.899. The highest BCUT2D eigenvalue weighted by molar-refractivity contribution is 7.17. The lowest BCUT2D eigenvalue weighted by Gasteiger charge is -2.06. The van der Waals surface area contributed by atoms with E-state index >= 15 is 0 Å². The van der Waals surface area contributed by atoms with Gasteiger partial charge in [0.05, 0.1) is 6.61 Å². The molecule has 0 radical (unpaired) electrons. The summed E-state index contributed by atoms with van der Waals surface area (Å²) in [6.07, 6.45) is 0.826. The lowest BCUT2D eigenvalue weighted by Crippen LogP contribution is -1.96. The molecule has 0 fully saturated rings. The van der Waals surface area contributed by atoms with Gasteiger partial charge in [-0.25, -0.2) is 4.79 Å². The van der Waals surface area contributed by atoms with Crippen LogP contribution in [0.4, 0.5) is 0 Å². The van der Waals surface area contributed by atoms with Crippen LogP contribution in [0.2, 0.25) is 0 Å². The standard InChI is InChI=1S/C14H14O3S/c1-17-9-8-10-4-2-3-5-11(10)12-6-7-13(18-12)14(15)16/h2-7H,8-9H2,1H3,(H,15,16). The van der Waals surface area contributed by atoms with E-state index in [0.29, 0.717) is 11.5 Å². The molecule has 1 heterocycles. The van der Waals surface area contributed by atoms with E-state index in [9.17, 15) is 4.79 Å². The molecule has 0 unspecified atom stereocenters. The molecule has 18 heavy (non-hydrogen) atoms. The van der Waals surface area contributed by atoms with Gasteiger partial charge in [0.1, 0.15) is 4.88 Å². The largest absolute Gasteiger partial charge is 0.477 e. The first kappa shape index (κ1) is 12.8. The molecule has 94 valence electrons. The maximum absolute atomic E-state index is 10.9. The van der Waals surface area contributed by atoms with E-state index in [1.54, 1.807) is 13.2 Å². The third kappa shape index (κ3) is 2.78. The molecule has 4 heteroatoms. The Labute approximate surface area is 110 Å². The molecule has 0 saturated carbocycles. The summed E-state index contributed by atoms with van der Waals surface area (Å²) in [5.74, 6) is -0.874. The van der Waals surface area contributed by atoms with Gasteiger partial charge in [-0.2, -0.15) is 0 Å². The van der Waals surface area contributed by atoms with Crippen molar-refractivity contribution in [3.8, 4) is 10.4 Å². The van der Waals surface area contributed by atoms with Crippen LogP contribution in [0.25, 0.3) is 10.4 Å². The monoisotopic (exact) mass is 262 g/mol. The topological polar surface area (TPSA) is 46.5 Å². The summed E-state index contributed by atoms with van der Waals surface area (Å²) >= 11 is 1.30. The van der Waals surface area contributed by atoms with E-state index in [0.717, 1.165) is 16.9 Å². The molecular weight excluding hydrogens is 248 g/mol. The third-order valence-electron chi connectivity index (χ3n) is 2.68. The Morgan fingerprint density at radius 2 is 2.06 bits per heavy atom. The fraction of sp³-hybridized carbons (Fsp3) is 0.214. The summed E-state index contributed by atoms with van der Waals surface area (Å²) < 4.78 is 5.09. The highest BCUT2D eigenvalue weighted by atomic mass is 32.1. The van der Waals surface area contributed by atoms with Crippen LogP contribution >= 0.6 is 11.3 Å². The summed E-state index contributed by atoms with van der Waals surface area (Å²) in [6.45, 7) is 0.661. The van der Waals surface area contributed by atoms with Crippen LogP contribution in [0.5, 0.6) is 0 Å². The molecule has 2 rings (SSSR count). The van der Waals surface area contributed by atoms with Crippen LogP contribution in [0, 0.1) is 0 Å². The average Bonchev–Trinajstić information content (AvgIpc) is 2.86. The molecule has 1 aromatic carbocycles. The minimum Gasteiger partial charge on any atom is -0.477 e. The van der Waals surface area contributed by atoms with Gasteiger partial charge in [0.2, 0.25) is 0 Å². The van der Waals surface area contributed by atoms with Crippen molar-refractivity contribution in [2.45, 2.75) is 6.42 Å². The summed E-state index contributed by atoms with van der Waals surface area (Å²) in [6, 6.07) is 11.5. The Morgan fingerprint density at radius 1 is 1.28 bits per heavy atom. The summed E-state index contributed by atoms with van der Waals surface area (Å²) in [7, 11) is 1.68. The number of aromatic carboxylic acids is 1. The second-order valence-corrected chi connectivity index (χ2v) is 4.95. The lowest BCUT2D eigenvalue weighted by atomic mass is 10.0. The van der Waals surface area contributed by atoms with Crippen LogP contribution < -0.4 is 0 Å². The minimum atomic E-state index is -0.874. The molecule has 0 amide bonds. The number of carbonyl (C=O) groups is 1. The molecule has 1 aromatic heterocycles. The number of benzene rings is 1. The van der Waals surface area contributed by atoms with Gasteiger partial charge in [-0.3, -0.25) is 0 Å². The third-order valence-corrected chi connectivity index (χ3v) is 3.78. The number of carboxylic acids is 1. The van der Waals surface area contributed by atoms with E-state index in [1.165, 1.54) is 16.9 Å². The molecule has 1 N–H and O–H groups in total. The predicted octanol–water partition coefficient (Wildman–Crippen LogP) is 3.30. The van der Waals surface area contributed by atoms with E-state index in [1.807, 2.05) is 24.3 Å². The highest BCUT2D eigenvalue weighted by Crippen LogP contribution is 2.31. The van der Waals surface area contributed by atoms with Gasteiger partial charge >= 0.3 is 5.97 Å². The van der Waals surface area contributed by atoms with Crippen LogP contribution in [0.15, 0.2) is 36.4 Å². The van der Waals surface area contributed by atoms with Gasteiger partial charge in [-0.15, -0.1) is 11.3 Å². The number of ether oxygens (including phenoxy) is 1. The van der Waals surface area contributed by atoms with E-state index in [4.69, 9.17) is 9.84 Å². The van der Waals surface area contributed by atoms with Gasteiger partial charge < -0.3 is 9.84 Å². The van der Waals surface area contributed by atoms with Crippen molar-refractivity contribution in [2.75, 3.05) is 13.7 Å². The van der Waals surface area contributed by atoms with Gasteiger partial charge in [0.15, 0.2) is 0 Å². The Kier molecular flexibility index (Phi) is 4.12. The minimum absolute atomic E-state index is 0.367. The number of methoxy groups -OCH3 is 1. The Hall–Kier alpha value is -1.65. The van der Waals surface area contributed by atoms with Gasteiger partial charge in [-0.1, -0.05) is 24.3 Å². The molecule has 0 spiro atoms. The molecule has 0 atom stereocenters. The van der Waals surface area contributed by atoms with Crippen molar-refractivity contribution >= 4 is 17.3 Å². The van der Waals surface area contributed by atoms with Crippen molar-refractivity contribution in [3.63, 3.8) is 0 Å². The number of carboxylic acid groups (broad SMARTS) is 1. The molecular formula is C14H14O3S. The van der Waals surface area contributed by atoms with Crippen LogP contribution in [-0.4, -0.2) is 24.8 Å². The van der Waals surface area contributed by atoms with Crippen LogP contribution in [0.1, 0.15) is 15.2 Å². The first-order valence-corrected chi connectivity index (χ1v) is 6.44. The second kappa shape index (κ2) is 5.80. The zero-order valence-corrected chi connectivity index (χ0v) is 10.9. The van der Waals surface area contributed by atoms with Gasteiger partial charge in [-0.05, 0) is 29.7 Å². The number of hydrogen-bond donors (Lipinski definition) is 1. The van der Waals surface area contributed by atoms with Crippen molar-refractivity contribution < 1.29 is 14.6 Å². The SMILES string of the molecule is COCCc1ccccc1-c1ccc(C(=O)O)s1. The first-order valence-electron chi connectivity index (χ1n) is 5.62. The number of rotatable bonds is 5. The van der Waals surface area contributed by atoms with Crippen LogP contribution in [0.3, 0.4) is 0 Å². The molecule has 0 bridgehead atoms. The smallest absolute Gasteiger partial charge is 0.345 e. The van der Waals surface area contributed by atoms with Gasteiger partial charge in [0.25, 0.3) is 0 Å². The molecule has 3 nitrogen and oxygen atoms in total. The molecule has 2 aromatic rings. The highest BCUT2D eigenvalue weighted by Gasteiger charge is 2.10. The van der Waals surface area contributed by atoms with Crippen LogP contribution in [-0.2, 0) is 11.2 Å². The van der Waals surface area contributed by atoms with Crippen molar-refractivity contribution in [1.29, 1.82) is 0 Å². The fourth-order valence-electron chi connectivity index (χ4n) is 1.79. The average molecular weight is 262 g/mol. The normalized spacial score (nSPS) is 10.5. The van der Waals surface area contributed by atoms with E-state index < -0.39 is 5.97 Å². The number of thiophene rings is 1. The second-order valence-electron chi connectivity index (χ2n) is 3.87. The summed E-state index contributed by atoms with van der Waals surface area (Å²) in [5, 5.41) is 8.95. The maximum Gasteiger partial charge on any atom is 0.345 e. The zero-order chi connectivity index (χ0) is 13.0. The predicted molar refractivity (Wildman–Crippen MR) is 72.3 cm³/mol. The molecule has 0 saturated heterocycles. The molecule has 0 aliphatic rings. The zero-order valence-electron chi connectivity index (χ0n) is 10.1. The lowest BCUT2D eigenvalue weighted by molar-refractivity contribution is 0.0702. The Morgan fingerprint density at radius 3 is 2.72 bits per heavy atom. The Bertz CT molecular complexity index is 545. The summed E-state index contributed by atoms with van der Waals surface area (Å²) in [4.78, 5) is 12.2. The fourth-order valence-corrected chi connectivity index (χ4v) is 2.69. The molecule has 0 aliphatic carbocycles. The first-order chi connectivity index (χ1) is 8.72. The van der Waals surface area contributed by atoms with Crippen molar-refractivity contribution in [1.82, 2.24) is 0 Å². The van der Waals surface area contributed by atoms with Crippen molar-refractivity contribution in [3.05, 3.63) is 46.8 Å². The van der Waals surface area contributed by atoms with Crippen molar-refractivity contribution in [2.24, 2.45) is 0 Å². The summed E-state index contributed by atoms with van der Waals surface area (Å²) in [5.41, 5.74) is 2.27. The Balaban J connectivity index is 2.33. The van der Waals surface area contributed by atoms with E-state index in [2.05, 4.69) is 6.07 Å². The van der Waals surface area contributed by atoms with E-state index in [-0.39, 0.29) is 0 Å². The number of hydrogen-bond acceptors (Lipinski definition) is 3. The molecule has 0 aliphatic heterocycles. The maximum atomic E-state index is 10.9.